The molecule has 0 radical (unpaired) electrons. The summed E-state index contributed by atoms with van der Waals surface area (Å²) in [5, 5.41) is 1.21. The molecule has 0 saturated carbocycles. The van der Waals surface area contributed by atoms with Crippen molar-refractivity contribution in [3.05, 3.63) is 160 Å². The average molecular weight is 558 g/mol. The van der Waals surface area contributed by atoms with E-state index in [0.29, 0.717) is 45.1 Å². The Bertz CT molecular complexity index is 2000. The molecular weight excluding hydrogens is 532 g/mol. The molecule has 6 aromatic rings. The zero-order valence-electron chi connectivity index (χ0n) is 22.9. The minimum absolute atomic E-state index is 0.420. The van der Waals surface area contributed by atoms with Crippen LogP contribution in [0.3, 0.4) is 0 Å². The molecule has 0 spiro atoms. The Morgan fingerprint density at radius 1 is 0.714 bits per heavy atom. The van der Waals surface area contributed by atoms with Crippen molar-refractivity contribution >= 4 is 27.8 Å². The number of hydrogen-bond donors (Lipinski definition) is 0. The van der Waals surface area contributed by atoms with Crippen molar-refractivity contribution in [1.82, 2.24) is 0 Å². The third kappa shape index (κ3) is 3.98. The molecule has 0 bridgehead atoms. The summed E-state index contributed by atoms with van der Waals surface area (Å²) in [4.78, 5) is 14.7. The quantitative estimate of drug-likeness (QED) is 0.217. The van der Waals surface area contributed by atoms with Crippen molar-refractivity contribution in [2.45, 2.75) is 19.3 Å². The monoisotopic (exact) mass is 557 g/mol. The molecule has 206 valence electrons. The van der Waals surface area contributed by atoms with Gasteiger partial charge in [0.1, 0.15) is 23.1 Å². The fraction of sp³-hybridized carbons (Fsp3) is 0.0833. The van der Waals surface area contributed by atoms with Crippen molar-refractivity contribution in [2.75, 3.05) is 4.90 Å². The first-order valence-corrected chi connectivity index (χ1v) is 13.6. The first-order valence-electron chi connectivity index (χ1n) is 13.6. The SMILES string of the molecule is Cc1coc(=O)c2cc(N3c4ccc(F)cc4C(C)(c4ccccc4Oc4ccccc4)c4cc(F)ccc43)ccc12. The summed E-state index contributed by atoms with van der Waals surface area (Å²) in [7, 11) is 0. The van der Waals surface area contributed by atoms with Gasteiger partial charge in [-0.2, -0.15) is 0 Å². The summed E-state index contributed by atoms with van der Waals surface area (Å²) in [6.07, 6.45) is 1.45. The lowest BCUT2D eigenvalue weighted by atomic mass is 9.67. The zero-order chi connectivity index (χ0) is 29.0. The molecule has 0 N–H and O–H groups in total. The van der Waals surface area contributed by atoms with Crippen molar-refractivity contribution in [3.8, 4) is 11.5 Å². The number of aryl methyl sites for hydroxylation is 1. The van der Waals surface area contributed by atoms with Crippen LogP contribution in [0.2, 0.25) is 0 Å². The normalized spacial score (nSPS) is 13.5. The lowest BCUT2D eigenvalue weighted by Crippen LogP contribution is -2.34. The highest BCUT2D eigenvalue weighted by Gasteiger charge is 2.44. The molecule has 1 aromatic heterocycles. The second kappa shape index (κ2) is 9.70. The number of rotatable bonds is 4. The number of fused-ring (bicyclic) bond motifs is 3. The van der Waals surface area contributed by atoms with Gasteiger partial charge in [0.15, 0.2) is 0 Å². The van der Waals surface area contributed by atoms with Gasteiger partial charge in [-0.25, -0.2) is 13.6 Å². The summed E-state index contributed by atoms with van der Waals surface area (Å²) < 4.78 is 41.8. The lowest BCUT2D eigenvalue weighted by Gasteiger charge is -2.44. The molecule has 1 aliphatic rings. The number of halogens is 2. The zero-order valence-corrected chi connectivity index (χ0v) is 22.9. The van der Waals surface area contributed by atoms with E-state index in [1.165, 1.54) is 30.5 Å². The molecule has 7 rings (SSSR count). The Morgan fingerprint density at radius 2 is 1.36 bits per heavy atom. The van der Waals surface area contributed by atoms with E-state index in [4.69, 9.17) is 9.15 Å². The summed E-state index contributed by atoms with van der Waals surface area (Å²) in [5.41, 5.74) is 3.43. The molecule has 0 aliphatic carbocycles. The largest absolute Gasteiger partial charge is 0.457 e. The van der Waals surface area contributed by atoms with Crippen LogP contribution in [0.4, 0.5) is 25.8 Å². The molecule has 1 aliphatic heterocycles. The van der Waals surface area contributed by atoms with Crippen LogP contribution in [0.15, 0.2) is 125 Å². The highest BCUT2D eigenvalue weighted by Crippen LogP contribution is 2.56. The van der Waals surface area contributed by atoms with E-state index in [2.05, 4.69) is 0 Å². The van der Waals surface area contributed by atoms with Gasteiger partial charge in [0, 0.05) is 11.3 Å². The van der Waals surface area contributed by atoms with Gasteiger partial charge in [-0.05, 0) is 103 Å². The summed E-state index contributed by atoms with van der Waals surface area (Å²) >= 11 is 0. The molecule has 5 aromatic carbocycles. The minimum Gasteiger partial charge on any atom is -0.457 e. The van der Waals surface area contributed by atoms with Crippen molar-refractivity contribution in [1.29, 1.82) is 0 Å². The number of nitrogens with zero attached hydrogens (tertiary/aromatic N) is 1. The number of ether oxygens (including phenoxy) is 1. The maximum atomic E-state index is 15.1. The maximum absolute atomic E-state index is 15.1. The fourth-order valence-electron chi connectivity index (χ4n) is 6.09. The second-order valence-corrected chi connectivity index (χ2v) is 10.6. The van der Waals surface area contributed by atoms with E-state index >= 15 is 8.78 Å². The van der Waals surface area contributed by atoms with Gasteiger partial charge in [-0.3, -0.25) is 0 Å². The Kier molecular flexibility index (Phi) is 5.94. The Morgan fingerprint density at radius 3 is 2.05 bits per heavy atom. The number of benzene rings is 5. The van der Waals surface area contributed by atoms with Crippen LogP contribution in [0.5, 0.6) is 11.5 Å². The van der Waals surface area contributed by atoms with Gasteiger partial charge in [-0.15, -0.1) is 0 Å². The lowest BCUT2D eigenvalue weighted by molar-refractivity contribution is 0.465. The van der Waals surface area contributed by atoms with Crippen LogP contribution in [0, 0.1) is 18.6 Å². The third-order valence-corrected chi connectivity index (χ3v) is 8.12. The van der Waals surface area contributed by atoms with E-state index in [1.807, 2.05) is 85.5 Å². The predicted molar refractivity (Wildman–Crippen MR) is 160 cm³/mol. The van der Waals surface area contributed by atoms with Crippen LogP contribution < -0.4 is 15.3 Å². The van der Waals surface area contributed by atoms with Crippen LogP contribution in [0.25, 0.3) is 10.8 Å². The van der Waals surface area contributed by atoms with Gasteiger partial charge >= 0.3 is 5.63 Å². The van der Waals surface area contributed by atoms with E-state index in [9.17, 15) is 4.79 Å². The molecule has 42 heavy (non-hydrogen) atoms. The highest BCUT2D eigenvalue weighted by atomic mass is 19.1. The van der Waals surface area contributed by atoms with Gasteiger partial charge < -0.3 is 14.1 Å². The van der Waals surface area contributed by atoms with Crippen LogP contribution in [-0.2, 0) is 5.41 Å². The van der Waals surface area contributed by atoms with Crippen molar-refractivity contribution in [3.63, 3.8) is 0 Å². The van der Waals surface area contributed by atoms with Crippen molar-refractivity contribution < 1.29 is 17.9 Å². The third-order valence-electron chi connectivity index (χ3n) is 8.12. The molecule has 0 fully saturated rings. The maximum Gasteiger partial charge on any atom is 0.343 e. The summed E-state index contributed by atoms with van der Waals surface area (Å²) in [6.45, 7) is 3.84. The summed E-state index contributed by atoms with van der Waals surface area (Å²) in [5.74, 6) is 0.381. The first kappa shape index (κ1) is 25.7. The second-order valence-electron chi connectivity index (χ2n) is 10.6. The van der Waals surface area contributed by atoms with Gasteiger partial charge in [-0.1, -0.05) is 42.5 Å². The van der Waals surface area contributed by atoms with E-state index < -0.39 is 22.7 Å². The Hall–Kier alpha value is -5.23. The molecule has 2 heterocycles. The first-order chi connectivity index (χ1) is 20.3. The van der Waals surface area contributed by atoms with Crippen molar-refractivity contribution in [2.24, 2.45) is 0 Å². The standard InChI is InChI=1S/C36H25F2NO3/c1-22-21-41-35(40)28-20-25(14-15-27(22)28)39-32-16-12-23(37)18-30(32)36(2,31-19-24(38)13-17-33(31)39)29-10-6-7-11-34(29)42-26-8-4-3-5-9-26/h3-21H,1-2H3. The van der Waals surface area contributed by atoms with Crippen LogP contribution >= 0.6 is 0 Å². The molecule has 0 unspecified atom stereocenters. The molecule has 0 atom stereocenters. The summed E-state index contributed by atoms with van der Waals surface area (Å²) in [6, 6.07) is 31.8. The van der Waals surface area contributed by atoms with Crippen LogP contribution in [-0.4, -0.2) is 0 Å². The smallest absolute Gasteiger partial charge is 0.343 e. The van der Waals surface area contributed by atoms with E-state index in [-0.39, 0.29) is 0 Å². The van der Waals surface area contributed by atoms with Gasteiger partial charge in [0.05, 0.1) is 28.4 Å². The molecule has 0 amide bonds. The fourth-order valence-corrected chi connectivity index (χ4v) is 6.09. The highest BCUT2D eigenvalue weighted by molar-refractivity contribution is 5.93. The average Bonchev–Trinajstić information content (AvgIpc) is 3.00. The number of anilines is 3. The molecule has 6 heteroatoms. The number of hydrogen-bond acceptors (Lipinski definition) is 4. The minimum atomic E-state index is -1.01. The van der Waals surface area contributed by atoms with Gasteiger partial charge in [0.2, 0.25) is 0 Å². The van der Waals surface area contributed by atoms with E-state index in [1.54, 1.807) is 18.2 Å². The molecule has 4 nitrogen and oxygen atoms in total. The van der Waals surface area contributed by atoms with E-state index in [0.717, 1.165) is 16.5 Å². The van der Waals surface area contributed by atoms with Crippen LogP contribution in [0.1, 0.15) is 29.2 Å². The molecular formula is C36H25F2NO3. The topological polar surface area (TPSA) is 42.7 Å². The predicted octanol–water partition coefficient (Wildman–Crippen LogP) is 9.31. The van der Waals surface area contributed by atoms with Gasteiger partial charge in [0.25, 0.3) is 0 Å². The number of para-hydroxylation sites is 2. The Labute approximate surface area is 241 Å². The Balaban J connectivity index is 1.51. The molecule has 0 saturated heterocycles.